The third-order valence-corrected chi connectivity index (χ3v) is 7.40. The van der Waals surface area contributed by atoms with Gasteiger partial charge < -0.3 is 9.47 Å². The molecule has 1 heterocycles. The van der Waals surface area contributed by atoms with E-state index < -0.39 is 6.10 Å². The molecule has 144 valence electrons. The second-order valence-electron chi connectivity index (χ2n) is 8.31. The van der Waals surface area contributed by atoms with Crippen LogP contribution < -0.4 is 5.32 Å². The Morgan fingerprint density at radius 2 is 1.85 bits per heavy atom. The third kappa shape index (κ3) is 3.66. The molecule has 1 amide bonds. The molecule has 26 heavy (non-hydrogen) atoms. The Morgan fingerprint density at radius 3 is 2.46 bits per heavy atom. The lowest BCUT2D eigenvalue weighted by atomic mass is 9.50. The van der Waals surface area contributed by atoms with Crippen LogP contribution in [0, 0.1) is 17.8 Å². The number of nitrogens with zero attached hydrogens (tertiary/aromatic N) is 2. The molecule has 0 saturated heterocycles. The van der Waals surface area contributed by atoms with E-state index in [-0.39, 0.29) is 11.3 Å². The lowest BCUT2D eigenvalue weighted by molar-refractivity contribution is -0.127. The minimum atomic E-state index is -0.526. The van der Waals surface area contributed by atoms with Crippen LogP contribution in [0.1, 0.15) is 57.4 Å². The molecule has 1 N–H and O–H groups in total. The lowest BCUT2D eigenvalue weighted by Crippen LogP contribution is -2.48. The zero-order chi connectivity index (χ0) is 18.1. The van der Waals surface area contributed by atoms with Crippen LogP contribution in [0.25, 0.3) is 0 Å². The van der Waals surface area contributed by atoms with E-state index in [1.807, 2.05) is 6.92 Å². The summed E-state index contributed by atoms with van der Waals surface area (Å²) in [6.45, 7) is 5.26. The smallest absolute Gasteiger partial charge is 0.255 e. The van der Waals surface area contributed by atoms with Gasteiger partial charge in [0, 0.05) is 12.0 Å². The number of rotatable bonds is 8. The van der Waals surface area contributed by atoms with E-state index in [1.54, 1.807) is 18.3 Å². The molecular weight excluding hydrogens is 350 g/mol. The molecule has 6 nitrogen and oxygen atoms in total. The van der Waals surface area contributed by atoms with E-state index in [0.29, 0.717) is 25.0 Å². The van der Waals surface area contributed by atoms with Crippen LogP contribution in [0.4, 0.5) is 5.13 Å². The Hall–Kier alpha value is -1.05. The van der Waals surface area contributed by atoms with Gasteiger partial charge >= 0.3 is 0 Å². The summed E-state index contributed by atoms with van der Waals surface area (Å²) in [5, 5.41) is 13.4. The summed E-state index contributed by atoms with van der Waals surface area (Å²) in [6, 6.07) is 0. The maximum Gasteiger partial charge on any atom is 0.255 e. The highest BCUT2D eigenvalue weighted by atomic mass is 32.1. The molecule has 4 aliphatic carbocycles. The fourth-order valence-corrected chi connectivity index (χ4v) is 6.54. The molecule has 0 spiro atoms. The van der Waals surface area contributed by atoms with Crippen molar-refractivity contribution in [2.75, 3.05) is 25.1 Å². The normalized spacial score (nSPS) is 33.4. The van der Waals surface area contributed by atoms with Crippen molar-refractivity contribution in [2.24, 2.45) is 17.8 Å². The molecule has 4 bridgehead atoms. The Bertz CT molecular complexity index is 612. The molecule has 4 saturated carbocycles. The molecule has 0 radical (unpaired) electrons. The molecule has 0 aliphatic heterocycles. The maximum atomic E-state index is 12.3. The number of aromatic nitrogens is 2. The van der Waals surface area contributed by atoms with Crippen molar-refractivity contribution < 1.29 is 14.3 Å². The van der Waals surface area contributed by atoms with Gasteiger partial charge in [-0.3, -0.25) is 10.1 Å². The molecule has 5 rings (SSSR count). The van der Waals surface area contributed by atoms with E-state index in [9.17, 15) is 4.79 Å². The molecule has 1 atom stereocenters. The summed E-state index contributed by atoms with van der Waals surface area (Å²) in [6.07, 6.45) is 7.51. The summed E-state index contributed by atoms with van der Waals surface area (Å²) in [7, 11) is 0. The minimum absolute atomic E-state index is 0.172. The van der Waals surface area contributed by atoms with Gasteiger partial charge in [-0.1, -0.05) is 11.3 Å². The Labute approximate surface area is 159 Å². The van der Waals surface area contributed by atoms with Crippen molar-refractivity contribution in [3.05, 3.63) is 5.01 Å². The number of amides is 1. The van der Waals surface area contributed by atoms with E-state index >= 15 is 0 Å². The highest BCUT2D eigenvalue weighted by molar-refractivity contribution is 7.15. The first kappa shape index (κ1) is 18.3. The van der Waals surface area contributed by atoms with E-state index in [2.05, 4.69) is 15.5 Å². The average Bonchev–Trinajstić information content (AvgIpc) is 3.07. The largest absolute Gasteiger partial charge is 0.379 e. The topological polar surface area (TPSA) is 73.3 Å². The SMILES string of the molecule is CCOCCOC(C)C(=O)Nc1nnc(C23CC4CC(CC(C4)C2)C3)s1. The van der Waals surface area contributed by atoms with Crippen LogP contribution in [0.5, 0.6) is 0 Å². The van der Waals surface area contributed by atoms with E-state index in [1.165, 1.54) is 38.5 Å². The van der Waals surface area contributed by atoms with Crippen molar-refractivity contribution in [1.82, 2.24) is 10.2 Å². The fraction of sp³-hybridized carbons (Fsp3) is 0.842. The standard InChI is InChI=1S/C19H29N3O3S/c1-3-24-4-5-25-12(2)16(23)20-18-22-21-17(26-18)19-9-13-6-14(10-19)8-15(7-13)11-19/h12-15H,3-11H2,1-2H3,(H,20,22,23). The Balaban J connectivity index is 1.35. The zero-order valence-corrected chi connectivity index (χ0v) is 16.5. The first-order valence-electron chi connectivity index (χ1n) is 9.92. The quantitative estimate of drug-likeness (QED) is 0.701. The van der Waals surface area contributed by atoms with Crippen LogP contribution >= 0.6 is 11.3 Å². The van der Waals surface area contributed by atoms with Crippen LogP contribution in [-0.4, -0.2) is 42.0 Å². The summed E-state index contributed by atoms with van der Waals surface area (Å²) < 4.78 is 10.7. The van der Waals surface area contributed by atoms with Crippen LogP contribution in [0.3, 0.4) is 0 Å². The second-order valence-corrected chi connectivity index (χ2v) is 9.29. The monoisotopic (exact) mass is 379 g/mol. The molecular formula is C19H29N3O3S. The minimum Gasteiger partial charge on any atom is -0.379 e. The van der Waals surface area contributed by atoms with Gasteiger partial charge in [0.1, 0.15) is 11.1 Å². The average molecular weight is 380 g/mol. The third-order valence-electron chi connectivity index (χ3n) is 6.32. The van der Waals surface area contributed by atoms with Crippen molar-refractivity contribution in [1.29, 1.82) is 0 Å². The predicted molar refractivity (Wildman–Crippen MR) is 100 cm³/mol. The highest BCUT2D eigenvalue weighted by Crippen LogP contribution is 2.61. The van der Waals surface area contributed by atoms with Gasteiger partial charge in [-0.2, -0.15) is 0 Å². The van der Waals surface area contributed by atoms with E-state index in [4.69, 9.17) is 9.47 Å². The maximum absolute atomic E-state index is 12.3. The molecule has 4 fully saturated rings. The summed E-state index contributed by atoms with van der Waals surface area (Å²) in [4.78, 5) is 12.3. The number of nitrogens with one attached hydrogen (secondary N) is 1. The zero-order valence-electron chi connectivity index (χ0n) is 15.7. The van der Waals surface area contributed by atoms with Crippen molar-refractivity contribution in [3.8, 4) is 0 Å². The molecule has 1 aromatic heterocycles. The number of hydrogen-bond acceptors (Lipinski definition) is 6. The van der Waals surface area contributed by atoms with E-state index in [0.717, 1.165) is 22.8 Å². The number of carbonyl (C=O) groups excluding carboxylic acids is 1. The summed E-state index contributed by atoms with van der Waals surface area (Å²) in [5.41, 5.74) is 0.231. The summed E-state index contributed by atoms with van der Waals surface area (Å²) in [5.74, 6) is 2.46. The van der Waals surface area contributed by atoms with Crippen molar-refractivity contribution in [2.45, 2.75) is 63.9 Å². The number of carbonyl (C=O) groups is 1. The van der Waals surface area contributed by atoms with Crippen LogP contribution in [0.2, 0.25) is 0 Å². The Morgan fingerprint density at radius 1 is 1.19 bits per heavy atom. The van der Waals surface area contributed by atoms with Gasteiger partial charge in [0.15, 0.2) is 0 Å². The Kier molecular flexibility index (Phi) is 5.30. The lowest BCUT2D eigenvalue weighted by Gasteiger charge is -2.55. The van der Waals surface area contributed by atoms with Crippen molar-refractivity contribution in [3.63, 3.8) is 0 Å². The first-order valence-corrected chi connectivity index (χ1v) is 10.7. The molecule has 1 unspecified atom stereocenters. The van der Waals surface area contributed by atoms with Crippen LogP contribution in [0.15, 0.2) is 0 Å². The number of ether oxygens (including phenoxy) is 2. The predicted octanol–water partition coefficient (Wildman–Crippen LogP) is 3.39. The molecule has 4 aliphatic rings. The van der Waals surface area contributed by atoms with Gasteiger partial charge in [0.2, 0.25) is 5.13 Å². The second kappa shape index (κ2) is 7.52. The van der Waals surface area contributed by atoms with Gasteiger partial charge in [-0.25, -0.2) is 0 Å². The van der Waals surface area contributed by atoms with Gasteiger partial charge in [0.25, 0.3) is 5.91 Å². The van der Waals surface area contributed by atoms with Gasteiger partial charge in [-0.05, 0) is 70.1 Å². The first-order chi connectivity index (χ1) is 12.6. The number of hydrogen-bond donors (Lipinski definition) is 1. The van der Waals surface area contributed by atoms with Gasteiger partial charge in [0.05, 0.1) is 13.2 Å². The molecule has 0 aromatic carbocycles. The summed E-state index contributed by atoms with van der Waals surface area (Å²) >= 11 is 1.56. The highest BCUT2D eigenvalue weighted by Gasteiger charge is 2.53. The number of anilines is 1. The fourth-order valence-electron chi connectivity index (χ4n) is 5.57. The molecule has 7 heteroatoms. The van der Waals surface area contributed by atoms with Gasteiger partial charge in [-0.15, -0.1) is 10.2 Å². The van der Waals surface area contributed by atoms with Crippen molar-refractivity contribution >= 4 is 22.4 Å². The molecule has 1 aromatic rings. The van der Waals surface area contributed by atoms with Crippen LogP contribution in [-0.2, 0) is 19.7 Å².